The molecule has 0 bridgehead atoms. The molecule has 736 valence electrons. The number of hydrogen-bond donors (Lipinski definition) is 6. The highest BCUT2D eigenvalue weighted by atomic mass is 31.2. The number of aliphatic imine (C=N–C) groups is 1. The minimum Gasteiger partial charge on any atom is -0.497 e. The standard InChI is InChI=1S/C103H114N16O20P2/c1-65(2)119(66(3)4)140(133-52-22-48-104)138-84-54-91(118-64-110-94-97(118)113-100(114-99(94)124)111-88(120)34-20-50-115(5)101(125)130-57-82-78-30-16-12-26-74(78)75-27-13-17-31-79(75)82)137-87(84)60-135-141(134-53-23-49-105)139-85-55-90(136-86(85)59-132-103(69-24-10-9-11-25-69,70-40-44-72(127-7)45-41-70)71-42-46-73(128-8)47-43-71)117-63-109-93-95(107-62-108-96(93)117)112-98(123)68-38-36-67(37-39-68)56-106-89(121)61-129-92(122)35-21-51-116(6)102(126)131-58-83-80-32-18-14-28-76(80)77-29-15-19-33-81(77)83/h9-19,24-33,36-47,62-66,82-87,90-92,99,122,124H,20-23,34-35,50-61H2,1-8H3,(H,106,121)(H,107,108,112,123)(H2,111,113,114,120)/t84?,85?,86-,87-,90-,91-,92-,99-,140?,141?/m1/s1. The number of rotatable bonds is 45. The average Bonchev–Trinajstić information content (AvgIpc) is 1.75. The van der Waals surface area contributed by atoms with Crippen molar-refractivity contribution in [3.8, 4) is 45.9 Å². The molecule has 2 fully saturated rings. The summed E-state index contributed by atoms with van der Waals surface area (Å²) in [4.78, 5) is 93.4. The smallest absolute Gasteiger partial charge is 0.409 e. The Labute approximate surface area is 819 Å². The van der Waals surface area contributed by atoms with Crippen LogP contribution in [0.3, 0.4) is 0 Å². The largest absolute Gasteiger partial charge is 0.497 e. The Bertz CT molecular complexity index is 6120. The minimum absolute atomic E-state index is 0.0256. The molecule has 5 amide bonds. The summed E-state index contributed by atoms with van der Waals surface area (Å²) in [6, 6.07) is 68.0. The number of hydrogen-bond acceptors (Lipinski definition) is 29. The van der Waals surface area contributed by atoms with E-state index in [1.807, 2.05) is 155 Å². The summed E-state index contributed by atoms with van der Waals surface area (Å²) in [5.41, 5.74) is 11.3. The molecule has 3 aliphatic heterocycles. The minimum atomic E-state index is -2.50. The van der Waals surface area contributed by atoms with Gasteiger partial charge in [-0.25, -0.2) is 39.2 Å². The Morgan fingerprint density at radius 3 is 1.68 bits per heavy atom. The normalized spacial score (nSPS) is 18.0. The number of aliphatic hydroxyl groups excluding tert-OH is 2. The van der Waals surface area contributed by atoms with E-state index < -0.39 is 109 Å². The molecule has 2 saturated heterocycles. The van der Waals surface area contributed by atoms with E-state index in [0.717, 1.165) is 61.2 Å². The van der Waals surface area contributed by atoms with Crippen molar-refractivity contribution in [2.24, 2.45) is 4.99 Å². The molecule has 36 nitrogen and oxygen atoms in total. The van der Waals surface area contributed by atoms with Gasteiger partial charge in [0.2, 0.25) is 17.8 Å². The number of benzene rings is 8. The van der Waals surface area contributed by atoms with E-state index in [2.05, 4.69) is 102 Å². The summed E-state index contributed by atoms with van der Waals surface area (Å²) < 4.78 is 90.0. The number of fused-ring (bicyclic) bond motifs is 8. The number of nitrogens with zero attached hydrogens (tertiary/aromatic N) is 12. The molecule has 6 N–H and O–H groups in total. The fourth-order valence-corrected chi connectivity index (χ4v) is 21.1. The van der Waals surface area contributed by atoms with E-state index in [4.69, 9.17) is 70.5 Å². The molecule has 5 aliphatic rings. The number of aliphatic hydroxyl groups is 2. The third-order valence-electron chi connectivity index (χ3n) is 25.1. The summed E-state index contributed by atoms with van der Waals surface area (Å²) in [7, 11) is 2.02. The van der Waals surface area contributed by atoms with Crippen LogP contribution >= 0.6 is 17.1 Å². The number of guanidine groups is 1. The lowest BCUT2D eigenvalue weighted by molar-refractivity contribution is -0.142. The number of nitriles is 2. The second kappa shape index (κ2) is 47.4. The van der Waals surface area contributed by atoms with Crippen LogP contribution < -0.4 is 30.7 Å². The summed E-state index contributed by atoms with van der Waals surface area (Å²) in [6.45, 7) is 8.02. The second-order valence-electron chi connectivity index (χ2n) is 35.0. The zero-order valence-electron chi connectivity index (χ0n) is 79.4. The number of nitrogens with one attached hydrogen (secondary N) is 4. The van der Waals surface area contributed by atoms with Gasteiger partial charge in [-0.3, -0.25) is 28.8 Å². The van der Waals surface area contributed by atoms with Gasteiger partial charge < -0.3 is 96.5 Å². The van der Waals surface area contributed by atoms with E-state index in [0.29, 0.717) is 23.5 Å². The molecule has 0 saturated carbocycles. The highest BCUT2D eigenvalue weighted by molar-refractivity contribution is 7.44. The highest BCUT2D eigenvalue weighted by Gasteiger charge is 2.48. The molecule has 2 aliphatic carbocycles. The van der Waals surface area contributed by atoms with Crippen LogP contribution in [0.2, 0.25) is 0 Å². The van der Waals surface area contributed by atoms with E-state index in [1.165, 1.54) is 28.8 Å². The van der Waals surface area contributed by atoms with Gasteiger partial charge in [-0.2, -0.15) is 10.5 Å². The molecule has 6 heterocycles. The Hall–Kier alpha value is -13.1. The average molecular weight is 1960 g/mol. The fourth-order valence-electron chi connectivity index (χ4n) is 18.1. The summed E-state index contributed by atoms with van der Waals surface area (Å²) in [5, 5.41) is 53.8. The SMILES string of the molecule is COc1ccc(C(OC[C@H]2O[C@@H](n3cnc4c(NC(=O)c5ccc(CNC(=O)CO[C@@H](O)CCCN(C)C(=O)OCC6c7ccccc7-c7ccccc76)cc5)ncnc43)CC2OP(OCCC#N)OC[C@H]2O[C@@H](n3cnc4c3NC(NC(=O)CCCN(C)C(=O)OCC3c5ccccc5-c5ccccc53)=N[C@@H]4O)CC2OP(OCCC#N)N(C(C)C)C(C)C)(c2ccccc2)c2ccc(OC)cc2)cc1. The molecule has 3 aromatic heterocycles. The number of aromatic nitrogens is 6. The molecule has 8 aromatic carbocycles. The van der Waals surface area contributed by atoms with Crippen molar-refractivity contribution >= 4 is 75.8 Å². The highest BCUT2D eigenvalue weighted by Crippen LogP contribution is 2.54. The molecule has 141 heavy (non-hydrogen) atoms. The predicted molar refractivity (Wildman–Crippen MR) is 523 cm³/mol. The van der Waals surface area contributed by atoms with Crippen molar-refractivity contribution in [1.82, 2.24) is 54.2 Å². The van der Waals surface area contributed by atoms with Gasteiger partial charge in [-0.15, -0.1) is 0 Å². The van der Waals surface area contributed by atoms with Crippen molar-refractivity contribution in [3.05, 3.63) is 275 Å². The van der Waals surface area contributed by atoms with Crippen molar-refractivity contribution < 1.29 is 94.7 Å². The van der Waals surface area contributed by atoms with Crippen molar-refractivity contribution in [1.29, 1.82) is 10.5 Å². The van der Waals surface area contributed by atoms with E-state index in [9.17, 15) is 44.7 Å². The first-order chi connectivity index (χ1) is 68.6. The number of amides is 5. The first kappa shape index (κ1) is 101. The third-order valence-corrected chi connectivity index (χ3v) is 28.5. The van der Waals surface area contributed by atoms with Gasteiger partial charge in [0.05, 0.1) is 90.5 Å². The van der Waals surface area contributed by atoms with Gasteiger partial charge in [-0.05, 0) is 150 Å². The van der Waals surface area contributed by atoms with Gasteiger partial charge in [0.25, 0.3) is 14.4 Å². The van der Waals surface area contributed by atoms with Crippen molar-refractivity contribution in [2.75, 3.05) is 98.3 Å². The molecule has 11 aromatic rings. The van der Waals surface area contributed by atoms with E-state index in [1.54, 1.807) is 61.7 Å². The molecule has 38 heteroatoms. The molecule has 10 atom stereocenters. The number of ether oxygens (including phenoxy) is 8. The van der Waals surface area contributed by atoms with Gasteiger partial charge in [0, 0.05) is 82.5 Å². The van der Waals surface area contributed by atoms with Crippen LogP contribution in [0.15, 0.2) is 224 Å². The van der Waals surface area contributed by atoms with Crippen LogP contribution in [0.5, 0.6) is 11.5 Å². The molecular formula is C103H114N16O20P2. The lowest BCUT2D eigenvalue weighted by Crippen LogP contribution is -2.39. The van der Waals surface area contributed by atoms with Crippen LogP contribution in [0.4, 0.5) is 21.2 Å². The first-order valence-electron chi connectivity index (χ1n) is 46.9. The molecule has 0 spiro atoms. The zero-order valence-corrected chi connectivity index (χ0v) is 81.2. The van der Waals surface area contributed by atoms with Gasteiger partial charge in [-0.1, -0.05) is 164 Å². The monoisotopic (exact) mass is 1960 g/mol. The van der Waals surface area contributed by atoms with Crippen molar-refractivity contribution in [2.45, 2.75) is 165 Å². The predicted octanol–water partition coefficient (Wildman–Crippen LogP) is 16.0. The van der Waals surface area contributed by atoms with Crippen LogP contribution in [0, 0.1) is 22.7 Å². The summed E-state index contributed by atoms with van der Waals surface area (Å²) in [6.07, 6.45) is -4.09. The van der Waals surface area contributed by atoms with E-state index in [-0.39, 0.29) is 168 Å². The van der Waals surface area contributed by atoms with E-state index >= 15 is 0 Å². The van der Waals surface area contributed by atoms with Crippen LogP contribution in [0.1, 0.15) is 170 Å². The van der Waals surface area contributed by atoms with Gasteiger partial charge >= 0.3 is 20.8 Å². The Kier molecular flexibility index (Phi) is 33.9. The quantitative estimate of drug-likeness (QED) is 0.00893. The van der Waals surface area contributed by atoms with Crippen LogP contribution in [0.25, 0.3) is 33.4 Å². The lowest BCUT2D eigenvalue weighted by atomic mass is 9.80. The van der Waals surface area contributed by atoms with Gasteiger partial charge in [0.1, 0.15) is 79.4 Å². The van der Waals surface area contributed by atoms with Gasteiger partial charge in [0.15, 0.2) is 29.5 Å². The number of anilines is 2. The maximum Gasteiger partial charge on any atom is 0.409 e. The fraction of sp³-hybridized carbons (Fsp3) is 0.379. The lowest BCUT2D eigenvalue weighted by Gasteiger charge is -2.37. The molecule has 0 radical (unpaired) electrons. The summed E-state index contributed by atoms with van der Waals surface area (Å²) >= 11 is 0. The molecule has 16 rings (SSSR count). The Balaban J connectivity index is 0.598. The number of carbonyl (C=O) groups excluding carboxylic acids is 5. The maximum atomic E-state index is 14.3. The Morgan fingerprint density at radius 1 is 0.589 bits per heavy atom. The Morgan fingerprint density at radius 2 is 1.11 bits per heavy atom. The third kappa shape index (κ3) is 23.9. The molecule has 4 unspecified atom stereocenters. The molecular weight excluding hydrogens is 1840 g/mol. The summed E-state index contributed by atoms with van der Waals surface area (Å²) in [5.74, 6) is -0.189. The number of carbonyl (C=O) groups is 5. The second-order valence-corrected chi connectivity index (χ2v) is 37.6. The first-order valence-corrected chi connectivity index (χ1v) is 49.1. The van der Waals surface area contributed by atoms with Crippen molar-refractivity contribution in [3.63, 3.8) is 0 Å². The number of imidazole rings is 2. The van der Waals surface area contributed by atoms with Crippen LogP contribution in [-0.4, -0.2) is 220 Å². The topological polar surface area (TPSA) is 425 Å². The number of methoxy groups -OCH3 is 2. The zero-order chi connectivity index (χ0) is 98.6. The maximum absolute atomic E-state index is 14.3. The van der Waals surface area contributed by atoms with Crippen LogP contribution in [-0.2, 0) is 72.8 Å².